The molecule has 14 heavy (non-hydrogen) atoms. The van der Waals surface area contributed by atoms with E-state index in [-0.39, 0.29) is 6.42 Å². The topological polar surface area (TPSA) is 43.1 Å². The van der Waals surface area contributed by atoms with Crippen LogP contribution in [0.5, 0.6) is 0 Å². The molecule has 0 saturated carbocycles. The third-order valence-electron chi connectivity index (χ3n) is 2.36. The molecule has 2 N–H and O–H groups in total. The second kappa shape index (κ2) is 3.25. The maximum absolute atomic E-state index is 13.4. The number of benzene rings is 1. The molecule has 0 fully saturated rings. The van der Waals surface area contributed by atoms with Gasteiger partial charge in [-0.2, -0.15) is 0 Å². The van der Waals surface area contributed by atoms with Crippen LogP contribution in [0, 0.1) is 0 Å². The summed E-state index contributed by atoms with van der Waals surface area (Å²) in [6.07, 6.45) is 0.553. The van der Waals surface area contributed by atoms with E-state index >= 15 is 0 Å². The third-order valence-corrected chi connectivity index (χ3v) is 2.36. The Bertz CT molecular complexity index is 412. The van der Waals surface area contributed by atoms with Gasteiger partial charge in [0.05, 0.1) is 0 Å². The maximum atomic E-state index is 13.4. The zero-order valence-electron chi connectivity index (χ0n) is 7.53. The van der Waals surface area contributed by atoms with Gasteiger partial charge in [0.15, 0.2) is 0 Å². The van der Waals surface area contributed by atoms with E-state index in [1.807, 2.05) is 12.1 Å². The molecule has 1 aromatic rings. The number of amides is 1. The van der Waals surface area contributed by atoms with Gasteiger partial charge in [-0.05, 0) is 16.7 Å². The van der Waals surface area contributed by atoms with Crippen LogP contribution in [-0.2, 0) is 4.79 Å². The fourth-order valence-corrected chi connectivity index (χ4v) is 1.78. The Kier molecular flexibility index (Phi) is 2.08. The quantitative estimate of drug-likeness (QED) is 0.677. The number of halogens is 1. The Morgan fingerprint density at radius 2 is 2.21 bits per heavy atom. The van der Waals surface area contributed by atoms with Crippen LogP contribution < -0.4 is 5.73 Å². The average Bonchev–Trinajstić information content (AvgIpc) is 2.44. The van der Waals surface area contributed by atoms with Crippen molar-refractivity contribution in [3.63, 3.8) is 0 Å². The lowest BCUT2D eigenvalue weighted by Gasteiger charge is -1.98. The van der Waals surface area contributed by atoms with E-state index in [0.29, 0.717) is 11.1 Å². The Labute approximate surface area is 81.2 Å². The molecule has 0 heterocycles. The van der Waals surface area contributed by atoms with Crippen LogP contribution in [0.15, 0.2) is 30.3 Å². The highest BCUT2D eigenvalue weighted by Gasteiger charge is 2.25. The fraction of sp³-hybridized carbons (Fsp3) is 0.182. The molecule has 3 heteroatoms. The molecule has 1 aromatic carbocycles. The minimum absolute atomic E-state index is 0.252. The molecule has 1 amide bonds. The summed E-state index contributed by atoms with van der Waals surface area (Å²) in [5.74, 6) is -0.524. The molecule has 1 aliphatic rings. The van der Waals surface area contributed by atoms with Crippen LogP contribution in [0.4, 0.5) is 4.39 Å². The van der Waals surface area contributed by atoms with Crippen LogP contribution in [0.3, 0.4) is 0 Å². The van der Waals surface area contributed by atoms with Crippen molar-refractivity contribution in [2.75, 3.05) is 0 Å². The standard InChI is InChI=1S/C11H10FNO/c12-10-5-7(6-11(13)14)8-3-1-2-4-9(8)10/h1-4,6,10H,5H2,(H2,13,14). The Balaban J connectivity index is 2.49. The van der Waals surface area contributed by atoms with Crippen LogP contribution in [0.1, 0.15) is 23.7 Å². The monoisotopic (exact) mass is 191 g/mol. The number of carbonyl (C=O) groups is 1. The van der Waals surface area contributed by atoms with Crippen molar-refractivity contribution in [3.8, 4) is 0 Å². The molecule has 0 bridgehead atoms. The number of nitrogens with two attached hydrogens (primary N) is 1. The molecule has 1 atom stereocenters. The highest BCUT2D eigenvalue weighted by Crippen LogP contribution is 2.41. The van der Waals surface area contributed by atoms with Crippen molar-refractivity contribution < 1.29 is 9.18 Å². The predicted molar refractivity (Wildman–Crippen MR) is 52.1 cm³/mol. The first kappa shape index (κ1) is 8.94. The summed E-state index contributed by atoms with van der Waals surface area (Å²) < 4.78 is 13.4. The van der Waals surface area contributed by atoms with Gasteiger partial charge in [-0.1, -0.05) is 24.3 Å². The number of carbonyl (C=O) groups excluding carboxylic acids is 1. The van der Waals surface area contributed by atoms with E-state index in [4.69, 9.17) is 5.73 Å². The number of fused-ring (bicyclic) bond motifs is 1. The number of allylic oxidation sites excluding steroid dienone is 1. The summed E-state index contributed by atoms with van der Waals surface area (Å²) in [5.41, 5.74) is 7.19. The highest BCUT2D eigenvalue weighted by atomic mass is 19.1. The van der Waals surface area contributed by atoms with Crippen molar-refractivity contribution in [1.82, 2.24) is 0 Å². The van der Waals surface area contributed by atoms with Crippen molar-refractivity contribution in [1.29, 1.82) is 0 Å². The van der Waals surface area contributed by atoms with Gasteiger partial charge < -0.3 is 5.73 Å². The molecule has 2 rings (SSSR count). The molecule has 0 aromatic heterocycles. The molecule has 1 aliphatic carbocycles. The second-order valence-electron chi connectivity index (χ2n) is 3.33. The first-order valence-electron chi connectivity index (χ1n) is 4.42. The minimum atomic E-state index is -1.00. The Morgan fingerprint density at radius 1 is 1.50 bits per heavy atom. The summed E-state index contributed by atoms with van der Waals surface area (Å²) in [5, 5.41) is 0. The molecule has 1 unspecified atom stereocenters. The van der Waals surface area contributed by atoms with E-state index in [2.05, 4.69) is 0 Å². The van der Waals surface area contributed by atoms with Gasteiger partial charge in [0.2, 0.25) is 5.91 Å². The molecule has 0 spiro atoms. The van der Waals surface area contributed by atoms with E-state index in [9.17, 15) is 9.18 Å². The molecule has 0 radical (unpaired) electrons. The third kappa shape index (κ3) is 1.41. The molecule has 0 aliphatic heterocycles. The number of hydrogen-bond acceptors (Lipinski definition) is 1. The second-order valence-corrected chi connectivity index (χ2v) is 3.33. The van der Waals surface area contributed by atoms with Crippen molar-refractivity contribution in [2.45, 2.75) is 12.6 Å². The fourth-order valence-electron chi connectivity index (χ4n) is 1.78. The van der Waals surface area contributed by atoms with E-state index in [1.54, 1.807) is 12.1 Å². The maximum Gasteiger partial charge on any atom is 0.241 e. The van der Waals surface area contributed by atoms with Gasteiger partial charge in [-0.15, -0.1) is 0 Å². The lowest BCUT2D eigenvalue weighted by atomic mass is 10.1. The molecule has 0 saturated heterocycles. The van der Waals surface area contributed by atoms with Gasteiger partial charge in [0.1, 0.15) is 6.17 Å². The Morgan fingerprint density at radius 3 is 2.93 bits per heavy atom. The van der Waals surface area contributed by atoms with E-state index in [0.717, 1.165) is 5.56 Å². The van der Waals surface area contributed by atoms with Crippen LogP contribution in [0.2, 0.25) is 0 Å². The molecular weight excluding hydrogens is 181 g/mol. The number of hydrogen-bond donors (Lipinski definition) is 1. The highest BCUT2D eigenvalue weighted by molar-refractivity contribution is 5.95. The Hall–Kier alpha value is -1.64. The van der Waals surface area contributed by atoms with Gasteiger partial charge in [0.25, 0.3) is 0 Å². The van der Waals surface area contributed by atoms with Crippen molar-refractivity contribution in [2.24, 2.45) is 5.73 Å². The first-order chi connectivity index (χ1) is 6.68. The summed E-state index contributed by atoms with van der Waals surface area (Å²) in [6, 6.07) is 7.16. The summed E-state index contributed by atoms with van der Waals surface area (Å²) >= 11 is 0. The molecule has 72 valence electrons. The van der Waals surface area contributed by atoms with Crippen molar-refractivity contribution in [3.05, 3.63) is 41.5 Å². The van der Waals surface area contributed by atoms with Crippen molar-refractivity contribution >= 4 is 11.5 Å². The molecular formula is C11H10FNO. The first-order valence-corrected chi connectivity index (χ1v) is 4.42. The van der Waals surface area contributed by atoms with Gasteiger partial charge >= 0.3 is 0 Å². The SMILES string of the molecule is NC(=O)C=C1CC(F)c2ccccc21. The van der Waals surface area contributed by atoms with Crippen LogP contribution >= 0.6 is 0 Å². The largest absolute Gasteiger partial charge is 0.366 e. The zero-order valence-corrected chi connectivity index (χ0v) is 7.53. The van der Waals surface area contributed by atoms with Gasteiger partial charge in [0, 0.05) is 12.5 Å². The number of primary amides is 1. The zero-order chi connectivity index (χ0) is 10.1. The normalized spacial score (nSPS) is 22.4. The van der Waals surface area contributed by atoms with Crippen LogP contribution in [0.25, 0.3) is 5.57 Å². The number of alkyl halides is 1. The minimum Gasteiger partial charge on any atom is -0.366 e. The number of rotatable bonds is 1. The smallest absolute Gasteiger partial charge is 0.241 e. The average molecular weight is 191 g/mol. The lowest BCUT2D eigenvalue weighted by molar-refractivity contribution is -0.113. The summed E-state index contributed by atoms with van der Waals surface area (Å²) in [6.45, 7) is 0. The summed E-state index contributed by atoms with van der Waals surface area (Å²) in [4.78, 5) is 10.7. The predicted octanol–water partition coefficient (Wildman–Crippen LogP) is 1.97. The van der Waals surface area contributed by atoms with Gasteiger partial charge in [-0.25, -0.2) is 4.39 Å². The summed E-state index contributed by atoms with van der Waals surface area (Å²) in [7, 11) is 0. The molecule has 2 nitrogen and oxygen atoms in total. The van der Waals surface area contributed by atoms with Gasteiger partial charge in [-0.3, -0.25) is 4.79 Å². The van der Waals surface area contributed by atoms with Crippen LogP contribution in [-0.4, -0.2) is 5.91 Å². The lowest BCUT2D eigenvalue weighted by Crippen LogP contribution is -2.06. The van der Waals surface area contributed by atoms with E-state index in [1.165, 1.54) is 6.08 Å². The van der Waals surface area contributed by atoms with E-state index < -0.39 is 12.1 Å².